The molecule has 1 aromatic rings. The summed E-state index contributed by atoms with van der Waals surface area (Å²) in [5.74, 6) is 0.283. The SMILES string of the molecule is CCN(CC(=O)Cc1ccccc1)CC1CCCO1. The van der Waals surface area contributed by atoms with Crippen LogP contribution in [-0.4, -0.2) is 43.0 Å². The molecule has 0 bridgehead atoms. The van der Waals surface area contributed by atoms with Gasteiger partial charge in [0.25, 0.3) is 0 Å². The van der Waals surface area contributed by atoms with E-state index in [0.717, 1.165) is 38.1 Å². The third kappa shape index (κ3) is 4.77. The predicted octanol–water partition coefficient (Wildman–Crippen LogP) is 2.30. The maximum absolute atomic E-state index is 12.1. The number of benzene rings is 1. The molecule has 1 heterocycles. The van der Waals surface area contributed by atoms with Crippen molar-refractivity contribution in [3.63, 3.8) is 0 Å². The van der Waals surface area contributed by atoms with Crippen LogP contribution >= 0.6 is 0 Å². The van der Waals surface area contributed by atoms with E-state index in [1.807, 2.05) is 30.3 Å². The lowest BCUT2D eigenvalue weighted by molar-refractivity contribution is -0.119. The summed E-state index contributed by atoms with van der Waals surface area (Å²) in [6, 6.07) is 9.95. The van der Waals surface area contributed by atoms with Crippen LogP contribution in [0.2, 0.25) is 0 Å². The van der Waals surface area contributed by atoms with E-state index >= 15 is 0 Å². The van der Waals surface area contributed by atoms with Gasteiger partial charge in [0.1, 0.15) is 0 Å². The van der Waals surface area contributed by atoms with Crippen molar-refractivity contribution in [2.45, 2.75) is 32.3 Å². The molecule has 104 valence electrons. The highest BCUT2D eigenvalue weighted by Gasteiger charge is 2.19. The molecule has 1 saturated heterocycles. The summed E-state index contributed by atoms with van der Waals surface area (Å²) >= 11 is 0. The van der Waals surface area contributed by atoms with Gasteiger partial charge in [-0.1, -0.05) is 37.3 Å². The van der Waals surface area contributed by atoms with Crippen molar-refractivity contribution in [3.05, 3.63) is 35.9 Å². The van der Waals surface area contributed by atoms with E-state index < -0.39 is 0 Å². The molecule has 2 rings (SSSR count). The lowest BCUT2D eigenvalue weighted by atomic mass is 10.1. The summed E-state index contributed by atoms with van der Waals surface area (Å²) in [5.41, 5.74) is 1.10. The molecule has 3 nitrogen and oxygen atoms in total. The molecule has 0 spiro atoms. The van der Waals surface area contributed by atoms with Gasteiger partial charge in [0.05, 0.1) is 12.6 Å². The minimum atomic E-state index is 0.283. The minimum Gasteiger partial charge on any atom is -0.377 e. The van der Waals surface area contributed by atoms with Gasteiger partial charge in [-0.25, -0.2) is 0 Å². The van der Waals surface area contributed by atoms with Gasteiger partial charge in [-0.3, -0.25) is 9.69 Å². The van der Waals surface area contributed by atoms with Crippen molar-refractivity contribution in [2.75, 3.05) is 26.2 Å². The van der Waals surface area contributed by atoms with Crippen LogP contribution in [0.25, 0.3) is 0 Å². The van der Waals surface area contributed by atoms with Crippen LogP contribution in [0.4, 0.5) is 0 Å². The molecule has 1 unspecified atom stereocenters. The molecule has 1 aromatic carbocycles. The molecule has 0 N–H and O–H groups in total. The first-order chi connectivity index (χ1) is 9.28. The van der Waals surface area contributed by atoms with Crippen molar-refractivity contribution >= 4 is 5.78 Å². The largest absolute Gasteiger partial charge is 0.377 e. The Morgan fingerprint density at radius 1 is 1.37 bits per heavy atom. The molecule has 19 heavy (non-hydrogen) atoms. The van der Waals surface area contributed by atoms with E-state index in [4.69, 9.17) is 4.74 Å². The van der Waals surface area contributed by atoms with Crippen molar-refractivity contribution in [1.82, 2.24) is 4.90 Å². The molecule has 0 saturated carbocycles. The van der Waals surface area contributed by atoms with Crippen LogP contribution in [0, 0.1) is 0 Å². The highest BCUT2D eigenvalue weighted by molar-refractivity contribution is 5.82. The number of nitrogens with zero attached hydrogens (tertiary/aromatic N) is 1. The number of likely N-dealkylation sites (N-methyl/N-ethyl adjacent to an activating group) is 1. The highest BCUT2D eigenvalue weighted by Crippen LogP contribution is 2.13. The number of rotatable bonds is 7. The zero-order valence-corrected chi connectivity index (χ0v) is 11.7. The number of carbonyl (C=O) groups excluding carboxylic acids is 1. The fourth-order valence-electron chi connectivity index (χ4n) is 2.51. The molecule has 1 fully saturated rings. The molecule has 3 heteroatoms. The van der Waals surface area contributed by atoms with E-state index in [-0.39, 0.29) is 5.78 Å². The van der Waals surface area contributed by atoms with Crippen molar-refractivity contribution in [2.24, 2.45) is 0 Å². The molecule has 0 radical (unpaired) electrons. The number of Topliss-reactive ketones (excluding diaryl/α,β-unsaturated/α-hetero) is 1. The average Bonchev–Trinajstić information content (AvgIpc) is 2.92. The normalized spacial score (nSPS) is 18.9. The van der Waals surface area contributed by atoms with E-state index in [0.29, 0.717) is 19.1 Å². The Balaban J connectivity index is 1.78. The first-order valence-electron chi connectivity index (χ1n) is 7.17. The van der Waals surface area contributed by atoms with E-state index in [1.54, 1.807) is 0 Å². The molecular formula is C16H23NO2. The highest BCUT2D eigenvalue weighted by atomic mass is 16.5. The van der Waals surface area contributed by atoms with Gasteiger partial charge >= 0.3 is 0 Å². The average molecular weight is 261 g/mol. The standard InChI is InChI=1S/C16H23NO2/c1-2-17(13-16-9-6-10-19-16)12-15(18)11-14-7-4-3-5-8-14/h3-5,7-8,16H,2,6,9-13H2,1H3. The number of hydrogen-bond donors (Lipinski definition) is 0. The Morgan fingerprint density at radius 2 is 2.16 bits per heavy atom. The number of carbonyl (C=O) groups is 1. The fourth-order valence-corrected chi connectivity index (χ4v) is 2.51. The fraction of sp³-hybridized carbons (Fsp3) is 0.562. The van der Waals surface area contributed by atoms with Gasteiger partial charge in [0.15, 0.2) is 5.78 Å². The molecule has 0 aliphatic carbocycles. The maximum Gasteiger partial charge on any atom is 0.151 e. The maximum atomic E-state index is 12.1. The monoisotopic (exact) mass is 261 g/mol. The predicted molar refractivity (Wildman–Crippen MR) is 76.2 cm³/mol. The summed E-state index contributed by atoms with van der Waals surface area (Å²) in [5, 5.41) is 0. The minimum absolute atomic E-state index is 0.283. The van der Waals surface area contributed by atoms with Crippen molar-refractivity contribution < 1.29 is 9.53 Å². The smallest absolute Gasteiger partial charge is 0.151 e. The Bertz CT molecular complexity index is 385. The summed E-state index contributed by atoms with van der Waals surface area (Å²) in [4.78, 5) is 14.3. The second-order valence-corrected chi connectivity index (χ2v) is 5.16. The molecule has 0 aromatic heterocycles. The van der Waals surface area contributed by atoms with Gasteiger partial charge in [-0.15, -0.1) is 0 Å². The first kappa shape index (κ1) is 14.2. The van der Waals surface area contributed by atoms with Crippen LogP contribution < -0.4 is 0 Å². The molecule has 1 aliphatic rings. The van der Waals surface area contributed by atoms with Gasteiger partial charge in [0, 0.05) is 19.6 Å². The summed E-state index contributed by atoms with van der Waals surface area (Å²) < 4.78 is 5.63. The lowest BCUT2D eigenvalue weighted by Crippen LogP contribution is -2.36. The van der Waals surface area contributed by atoms with Gasteiger partial charge in [-0.05, 0) is 24.9 Å². The lowest BCUT2D eigenvalue weighted by Gasteiger charge is -2.22. The first-order valence-corrected chi connectivity index (χ1v) is 7.17. The Labute approximate surface area is 115 Å². The van der Waals surface area contributed by atoms with E-state index in [1.165, 1.54) is 0 Å². The Hall–Kier alpha value is -1.19. The second kappa shape index (κ2) is 7.41. The molecule has 1 aliphatic heterocycles. The van der Waals surface area contributed by atoms with Crippen LogP contribution in [0.5, 0.6) is 0 Å². The zero-order chi connectivity index (χ0) is 13.5. The van der Waals surface area contributed by atoms with Crippen LogP contribution in [0.3, 0.4) is 0 Å². The van der Waals surface area contributed by atoms with E-state index in [2.05, 4.69) is 11.8 Å². The van der Waals surface area contributed by atoms with Crippen molar-refractivity contribution in [3.8, 4) is 0 Å². The van der Waals surface area contributed by atoms with Crippen LogP contribution in [-0.2, 0) is 16.0 Å². The zero-order valence-electron chi connectivity index (χ0n) is 11.7. The van der Waals surface area contributed by atoms with E-state index in [9.17, 15) is 4.79 Å². The number of hydrogen-bond acceptors (Lipinski definition) is 3. The summed E-state index contributed by atoms with van der Waals surface area (Å²) in [6.45, 7) is 5.30. The van der Waals surface area contributed by atoms with Gasteiger partial charge in [-0.2, -0.15) is 0 Å². The molecule has 0 amide bonds. The Kier molecular flexibility index (Phi) is 5.55. The number of ether oxygens (including phenoxy) is 1. The van der Waals surface area contributed by atoms with Gasteiger partial charge in [0.2, 0.25) is 0 Å². The molecule has 1 atom stereocenters. The van der Waals surface area contributed by atoms with Crippen molar-refractivity contribution in [1.29, 1.82) is 0 Å². The number of ketones is 1. The Morgan fingerprint density at radius 3 is 2.79 bits per heavy atom. The summed E-state index contributed by atoms with van der Waals surface area (Å²) in [6.07, 6.45) is 3.14. The second-order valence-electron chi connectivity index (χ2n) is 5.16. The quantitative estimate of drug-likeness (QED) is 0.754. The third-order valence-electron chi connectivity index (χ3n) is 3.58. The molecular weight excluding hydrogens is 238 g/mol. The topological polar surface area (TPSA) is 29.5 Å². The van der Waals surface area contributed by atoms with Gasteiger partial charge < -0.3 is 4.74 Å². The van der Waals surface area contributed by atoms with Crippen LogP contribution in [0.15, 0.2) is 30.3 Å². The third-order valence-corrected chi connectivity index (χ3v) is 3.58. The van der Waals surface area contributed by atoms with Crippen LogP contribution in [0.1, 0.15) is 25.3 Å². The summed E-state index contributed by atoms with van der Waals surface area (Å²) in [7, 11) is 0.